The quantitative estimate of drug-likeness (QED) is 0.721. The van der Waals surface area contributed by atoms with E-state index in [1.807, 2.05) is 70.7 Å². The molecule has 0 aliphatic carbocycles. The molecule has 0 bridgehead atoms. The van der Waals surface area contributed by atoms with Crippen LogP contribution in [0, 0.1) is 25.6 Å². The highest BCUT2D eigenvalue weighted by Gasteiger charge is 2.26. The van der Waals surface area contributed by atoms with Gasteiger partial charge in [-0.15, -0.1) is 0 Å². The molecule has 1 fully saturated rings. The maximum absolute atomic E-state index is 15.9. The average Bonchev–Trinajstić information content (AvgIpc) is 2.64. The minimum atomic E-state index is -0.282. The molecule has 0 spiro atoms. The Morgan fingerprint density at radius 2 is 1.81 bits per heavy atom. The van der Waals surface area contributed by atoms with E-state index in [0.717, 1.165) is 22.5 Å². The topological polar surface area (TPSA) is 54.5 Å². The zero-order valence-corrected chi connectivity index (χ0v) is 19.5. The molecule has 2 atom stereocenters. The van der Waals surface area contributed by atoms with Gasteiger partial charge in [0, 0.05) is 43.0 Å². The number of halogens is 1. The van der Waals surface area contributed by atoms with Crippen molar-refractivity contribution in [2.45, 2.75) is 66.7 Å². The molecule has 1 aliphatic rings. The van der Waals surface area contributed by atoms with E-state index >= 15 is 4.39 Å². The van der Waals surface area contributed by atoms with Gasteiger partial charge < -0.3 is 15.0 Å². The third-order valence-corrected chi connectivity index (χ3v) is 5.43. The Hall–Kier alpha value is -2.47. The van der Waals surface area contributed by atoms with Crippen LogP contribution in [-0.2, 0) is 16.1 Å². The molecule has 2 unspecified atom stereocenters. The number of benzene rings is 1. The predicted molar refractivity (Wildman–Crippen MR) is 123 cm³/mol. The Balaban J connectivity index is 2.02. The van der Waals surface area contributed by atoms with Gasteiger partial charge in [-0.3, -0.25) is 9.78 Å². The SMILES string of the molecule is Cc1cc(-c2ccc(N3CC(C)OC(C)C3)c(F)c2CNC(=O)CC(C)C)cc(C)n1. The fraction of sp³-hybridized carbons (Fsp3) is 0.520. The first-order chi connectivity index (χ1) is 14.6. The number of hydrogen-bond donors (Lipinski definition) is 1. The number of nitrogens with zero attached hydrogens (tertiary/aromatic N) is 2. The summed E-state index contributed by atoms with van der Waals surface area (Å²) in [6.07, 6.45) is 0.479. The highest BCUT2D eigenvalue weighted by Crippen LogP contribution is 2.33. The molecule has 1 aliphatic heterocycles. The molecule has 1 aromatic carbocycles. The van der Waals surface area contributed by atoms with Crippen LogP contribution >= 0.6 is 0 Å². The van der Waals surface area contributed by atoms with Crippen molar-refractivity contribution in [1.82, 2.24) is 10.3 Å². The molecule has 1 saturated heterocycles. The number of ether oxygens (including phenoxy) is 1. The molecular formula is C25H34FN3O2. The number of nitrogens with one attached hydrogen (secondary N) is 1. The Kier molecular flexibility index (Phi) is 7.31. The Morgan fingerprint density at radius 1 is 1.19 bits per heavy atom. The standard InChI is InChI=1S/C25H34FN3O2/c1-15(2)9-24(30)27-12-22-21(20-10-16(3)28-17(4)11-20)7-8-23(25(22)26)29-13-18(5)31-19(6)14-29/h7-8,10-11,15,18-19H,9,12-14H2,1-6H3,(H,27,30). The second-order valence-electron chi connectivity index (χ2n) is 9.10. The molecule has 2 aromatic rings. The predicted octanol–water partition coefficient (Wildman–Crippen LogP) is 4.78. The lowest BCUT2D eigenvalue weighted by molar-refractivity contribution is -0.121. The van der Waals surface area contributed by atoms with Crippen LogP contribution in [0.25, 0.3) is 11.1 Å². The Labute approximate surface area is 185 Å². The van der Waals surface area contributed by atoms with Gasteiger partial charge in [-0.25, -0.2) is 4.39 Å². The molecule has 1 amide bonds. The van der Waals surface area contributed by atoms with Gasteiger partial charge in [0.15, 0.2) is 5.82 Å². The van der Waals surface area contributed by atoms with Gasteiger partial charge >= 0.3 is 0 Å². The first-order valence-corrected chi connectivity index (χ1v) is 11.1. The van der Waals surface area contributed by atoms with Crippen LogP contribution in [0.2, 0.25) is 0 Å². The zero-order chi connectivity index (χ0) is 22.7. The molecule has 0 saturated carbocycles. The smallest absolute Gasteiger partial charge is 0.220 e. The van der Waals surface area contributed by atoms with Crippen LogP contribution in [0.3, 0.4) is 0 Å². The van der Waals surface area contributed by atoms with Crippen LogP contribution in [0.15, 0.2) is 24.3 Å². The number of carbonyl (C=O) groups excluding carboxylic acids is 1. The normalized spacial score (nSPS) is 19.0. The van der Waals surface area contributed by atoms with Crippen LogP contribution in [-0.4, -0.2) is 36.2 Å². The van der Waals surface area contributed by atoms with E-state index in [4.69, 9.17) is 4.74 Å². The van der Waals surface area contributed by atoms with Gasteiger partial charge in [0.25, 0.3) is 0 Å². The van der Waals surface area contributed by atoms with Crippen molar-refractivity contribution in [1.29, 1.82) is 0 Å². The van der Waals surface area contributed by atoms with E-state index in [-0.39, 0.29) is 36.4 Å². The molecule has 0 radical (unpaired) electrons. The van der Waals surface area contributed by atoms with Crippen molar-refractivity contribution in [3.8, 4) is 11.1 Å². The lowest BCUT2D eigenvalue weighted by atomic mass is 9.97. The van der Waals surface area contributed by atoms with Gasteiger partial charge in [-0.1, -0.05) is 19.9 Å². The molecule has 3 rings (SSSR count). The maximum Gasteiger partial charge on any atom is 0.220 e. The summed E-state index contributed by atoms with van der Waals surface area (Å²) in [7, 11) is 0. The van der Waals surface area contributed by atoms with Crippen LogP contribution < -0.4 is 10.2 Å². The zero-order valence-electron chi connectivity index (χ0n) is 19.5. The number of aromatic nitrogens is 1. The van der Waals surface area contributed by atoms with Crippen LogP contribution in [0.5, 0.6) is 0 Å². The number of hydrogen-bond acceptors (Lipinski definition) is 4. The van der Waals surface area contributed by atoms with Crippen molar-refractivity contribution in [2.24, 2.45) is 5.92 Å². The molecule has 1 aromatic heterocycles. The number of carbonyl (C=O) groups is 1. The summed E-state index contributed by atoms with van der Waals surface area (Å²) in [6.45, 7) is 13.3. The lowest BCUT2D eigenvalue weighted by Crippen LogP contribution is -2.46. The molecule has 2 heterocycles. The van der Waals surface area contributed by atoms with Crippen molar-refractivity contribution in [3.05, 3.63) is 47.0 Å². The van der Waals surface area contributed by atoms with E-state index in [2.05, 4.69) is 10.3 Å². The highest BCUT2D eigenvalue weighted by molar-refractivity contribution is 5.77. The summed E-state index contributed by atoms with van der Waals surface area (Å²) in [5, 5.41) is 2.92. The fourth-order valence-electron chi connectivity index (χ4n) is 4.29. The lowest BCUT2D eigenvalue weighted by Gasteiger charge is -2.37. The largest absolute Gasteiger partial charge is 0.372 e. The third kappa shape index (κ3) is 5.82. The van der Waals surface area contributed by atoms with Gasteiger partial charge in [0.05, 0.1) is 17.9 Å². The van der Waals surface area contributed by atoms with Crippen molar-refractivity contribution in [3.63, 3.8) is 0 Å². The number of amides is 1. The summed E-state index contributed by atoms with van der Waals surface area (Å²) in [5.41, 5.74) is 4.52. The molecule has 1 N–H and O–H groups in total. The average molecular weight is 428 g/mol. The number of pyridine rings is 1. The van der Waals surface area contributed by atoms with Crippen molar-refractivity contribution >= 4 is 11.6 Å². The van der Waals surface area contributed by atoms with Crippen molar-refractivity contribution < 1.29 is 13.9 Å². The highest BCUT2D eigenvalue weighted by atomic mass is 19.1. The summed E-state index contributed by atoms with van der Waals surface area (Å²) in [6, 6.07) is 7.72. The van der Waals surface area contributed by atoms with E-state index in [1.54, 1.807) is 0 Å². The van der Waals surface area contributed by atoms with Gasteiger partial charge in [-0.05, 0) is 62.9 Å². The Morgan fingerprint density at radius 3 is 2.39 bits per heavy atom. The molecule has 6 heteroatoms. The third-order valence-electron chi connectivity index (χ3n) is 5.43. The summed E-state index contributed by atoms with van der Waals surface area (Å²) in [5.74, 6) is -0.102. The molecular weight excluding hydrogens is 393 g/mol. The van der Waals surface area contributed by atoms with Gasteiger partial charge in [0.2, 0.25) is 5.91 Å². The summed E-state index contributed by atoms with van der Waals surface area (Å²) >= 11 is 0. The van der Waals surface area contributed by atoms with Gasteiger partial charge in [-0.2, -0.15) is 0 Å². The van der Waals surface area contributed by atoms with Gasteiger partial charge in [0.1, 0.15) is 0 Å². The second-order valence-corrected chi connectivity index (χ2v) is 9.10. The minimum Gasteiger partial charge on any atom is -0.372 e. The Bertz CT molecular complexity index is 914. The molecule has 168 valence electrons. The number of morpholine rings is 1. The van der Waals surface area contributed by atoms with Crippen LogP contribution in [0.4, 0.5) is 10.1 Å². The minimum absolute atomic E-state index is 0.0301. The first-order valence-electron chi connectivity index (χ1n) is 11.1. The molecule has 5 nitrogen and oxygen atoms in total. The fourth-order valence-corrected chi connectivity index (χ4v) is 4.29. The van der Waals surface area contributed by atoms with E-state index in [0.29, 0.717) is 30.8 Å². The van der Waals surface area contributed by atoms with E-state index in [1.165, 1.54) is 0 Å². The van der Waals surface area contributed by atoms with E-state index < -0.39 is 0 Å². The summed E-state index contributed by atoms with van der Waals surface area (Å²) in [4.78, 5) is 18.8. The molecule has 31 heavy (non-hydrogen) atoms. The van der Waals surface area contributed by atoms with Crippen LogP contribution in [0.1, 0.15) is 51.1 Å². The summed E-state index contributed by atoms with van der Waals surface area (Å²) < 4.78 is 21.7. The van der Waals surface area contributed by atoms with E-state index in [9.17, 15) is 4.79 Å². The maximum atomic E-state index is 15.9. The number of aryl methyl sites for hydroxylation is 2. The number of rotatable bonds is 6. The first kappa shape index (κ1) is 23.2. The monoisotopic (exact) mass is 427 g/mol. The second kappa shape index (κ2) is 9.77. The van der Waals surface area contributed by atoms with Crippen molar-refractivity contribution in [2.75, 3.05) is 18.0 Å². The number of anilines is 1.